The van der Waals surface area contributed by atoms with Crippen molar-refractivity contribution >= 4 is 11.6 Å². The van der Waals surface area contributed by atoms with Gasteiger partial charge in [-0.3, -0.25) is 0 Å². The third kappa shape index (κ3) is 3.84. The summed E-state index contributed by atoms with van der Waals surface area (Å²) >= 11 is 6.05. The number of nitrogens with two attached hydrogens (primary N) is 1. The Morgan fingerprint density at radius 1 is 1.18 bits per heavy atom. The number of phenolic OH excluding ortho intramolecular Hbond substituents is 2. The van der Waals surface area contributed by atoms with Crippen LogP contribution in [0.3, 0.4) is 0 Å². The van der Waals surface area contributed by atoms with Gasteiger partial charge in [-0.05, 0) is 55.3 Å². The van der Waals surface area contributed by atoms with Gasteiger partial charge in [0.05, 0.1) is 11.6 Å². The fraction of sp³-hybridized carbons (Fsp3) is 0.294. The molecular weight excluding hydrogens is 302 g/mol. The summed E-state index contributed by atoms with van der Waals surface area (Å²) in [5, 5.41) is 19.5. The molecule has 0 bridgehead atoms. The monoisotopic (exact) mass is 321 g/mol. The molecule has 0 amide bonds. The Labute approximate surface area is 135 Å². The highest BCUT2D eigenvalue weighted by molar-refractivity contribution is 6.32. The first-order chi connectivity index (χ1) is 10.5. The van der Waals surface area contributed by atoms with Crippen LogP contribution in [0.5, 0.6) is 17.2 Å². The second-order valence-corrected chi connectivity index (χ2v) is 5.49. The Balaban J connectivity index is 2.25. The minimum atomic E-state index is -0.0406. The third-order valence-electron chi connectivity index (χ3n) is 3.52. The Bertz CT molecular complexity index is 629. The first-order valence-electron chi connectivity index (χ1n) is 7.18. The van der Waals surface area contributed by atoms with Crippen LogP contribution in [0.2, 0.25) is 5.02 Å². The molecule has 0 saturated heterocycles. The predicted molar refractivity (Wildman–Crippen MR) is 87.9 cm³/mol. The topological polar surface area (TPSA) is 75.7 Å². The lowest BCUT2D eigenvalue weighted by atomic mass is 9.92. The van der Waals surface area contributed by atoms with E-state index in [2.05, 4.69) is 0 Å². The predicted octanol–water partition coefficient (Wildman–Crippen LogP) is 3.43. The molecule has 0 aliphatic carbocycles. The molecule has 0 aliphatic rings. The SMILES string of the molecule is CCOc1cc(CC(CN)c2ccc(O)cc2)cc(Cl)c1O. The van der Waals surface area contributed by atoms with Gasteiger partial charge in [-0.2, -0.15) is 0 Å². The molecule has 0 spiro atoms. The molecule has 0 fully saturated rings. The number of halogens is 1. The molecule has 4 N–H and O–H groups in total. The van der Waals surface area contributed by atoms with Crippen molar-refractivity contribution in [2.45, 2.75) is 19.3 Å². The highest BCUT2D eigenvalue weighted by Crippen LogP contribution is 2.36. The molecule has 0 radical (unpaired) electrons. The molecule has 0 aliphatic heterocycles. The lowest BCUT2D eigenvalue weighted by Gasteiger charge is -2.17. The van der Waals surface area contributed by atoms with Crippen molar-refractivity contribution in [3.63, 3.8) is 0 Å². The standard InChI is InChI=1S/C17H20ClNO3/c1-2-22-16-9-11(8-15(18)17(16)21)7-13(10-19)12-3-5-14(20)6-4-12/h3-6,8-9,13,20-21H,2,7,10,19H2,1H3. The second-order valence-electron chi connectivity index (χ2n) is 5.09. The van der Waals surface area contributed by atoms with Crippen LogP contribution < -0.4 is 10.5 Å². The minimum Gasteiger partial charge on any atom is -0.508 e. The maximum atomic E-state index is 9.88. The largest absolute Gasteiger partial charge is 0.508 e. The third-order valence-corrected chi connectivity index (χ3v) is 3.81. The summed E-state index contributed by atoms with van der Waals surface area (Å²) in [6.07, 6.45) is 0.668. The number of hydrogen-bond donors (Lipinski definition) is 3. The van der Waals surface area contributed by atoms with Crippen LogP contribution in [-0.2, 0) is 6.42 Å². The first kappa shape index (κ1) is 16.5. The van der Waals surface area contributed by atoms with Crippen LogP contribution in [0.15, 0.2) is 36.4 Å². The van der Waals surface area contributed by atoms with E-state index >= 15 is 0 Å². The van der Waals surface area contributed by atoms with E-state index in [1.165, 1.54) is 0 Å². The zero-order chi connectivity index (χ0) is 16.1. The average Bonchev–Trinajstić information content (AvgIpc) is 2.51. The van der Waals surface area contributed by atoms with E-state index in [4.69, 9.17) is 22.1 Å². The maximum absolute atomic E-state index is 9.88. The molecule has 1 unspecified atom stereocenters. The van der Waals surface area contributed by atoms with Crippen molar-refractivity contribution in [2.24, 2.45) is 5.73 Å². The Hall–Kier alpha value is -1.91. The normalized spacial score (nSPS) is 12.1. The minimum absolute atomic E-state index is 0.0406. The molecule has 2 aromatic rings. The zero-order valence-corrected chi connectivity index (χ0v) is 13.2. The van der Waals surface area contributed by atoms with Crippen LogP contribution >= 0.6 is 11.6 Å². The van der Waals surface area contributed by atoms with Gasteiger partial charge in [0.25, 0.3) is 0 Å². The molecule has 2 rings (SSSR count). The molecule has 0 aromatic heterocycles. The summed E-state index contributed by atoms with van der Waals surface area (Å²) in [4.78, 5) is 0. The molecular formula is C17H20ClNO3. The molecule has 1 atom stereocenters. The molecule has 0 heterocycles. The van der Waals surface area contributed by atoms with E-state index in [0.717, 1.165) is 11.1 Å². The fourth-order valence-electron chi connectivity index (χ4n) is 2.38. The van der Waals surface area contributed by atoms with Crippen molar-refractivity contribution in [2.75, 3.05) is 13.2 Å². The van der Waals surface area contributed by atoms with Gasteiger partial charge in [0, 0.05) is 5.92 Å². The van der Waals surface area contributed by atoms with Gasteiger partial charge in [0.15, 0.2) is 11.5 Å². The smallest absolute Gasteiger partial charge is 0.176 e. The summed E-state index contributed by atoms with van der Waals surface area (Å²) in [5.74, 6) is 0.661. The molecule has 5 heteroatoms. The number of hydrogen-bond acceptors (Lipinski definition) is 4. The molecule has 118 valence electrons. The quantitative estimate of drug-likeness (QED) is 0.762. The van der Waals surface area contributed by atoms with Crippen molar-refractivity contribution in [1.82, 2.24) is 0 Å². The van der Waals surface area contributed by atoms with E-state index in [0.29, 0.717) is 25.3 Å². The highest BCUT2D eigenvalue weighted by atomic mass is 35.5. The lowest BCUT2D eigenvalue weighted by molar-refractivity contribution is 0.318. The van der Waals surface area contributed by atoms with Crippen molar-refractivity contribution < 1.29 is 14.9 Å². The van der Waals surface area contributed by atoms with Crippen molar-refractivity contribution in [3.8, 4) is 17.2 Å². The molecule has 4 nitrogen and oxygen atoms in total. The van der Waals surface area contributed by atoms with Crippen molar-refractivity contribution in [3.05, 3.63) is 52.5 Å². The van der Waals surface area contributed by atoms with Crippen LogP contribution in [-0.4, -0.2) is 23.4 Å². The van der Waals surface area contributed by atoms with E-state index in [1.807, 2.05) is 19.1 Å². The van der Waals surface area contributed by atoms with Gasteiger partial charge in [-0.1, -0.05) is 23.7 Å². The van der Waals surface area contributed by atoms with Crippen LogP contribution in [0.4, 0.5) is 0 Å². The molecule has 2 aromatic carbocycles. The van der Waals surface area contributed by atoms with E-state index in [9.17, 15) is 10.2 Å². The van der Waals surface area contributed by atoms with Crippen molar-refractivity contribution in [1.29, 1.82) is 0 Å². The Morgan fingerprint density at radius 3 is 2.45 bits per heavy atom. The van der Waals surface area contributed by atoms with Gasteiger partial charge >= 0.3 is 0 Å². The van der Waals surface area contributed by atoms with Gasteiger partial charge in [-0.25, -0.2) is 0 Å². The highest BCUT2D eigenvalue weighted by Gasteiger charge is 2.15. The number of aromatic hydroxyl groups is 2. The second kappa shape index (κ2) is 7.38. The fourth-order valence-corrected chi connectivity index (χ4v) is 2.61. The number of ether oxygens (including phenoxy) is 1. The summed E-state index contributed by atoms with van der Waals surface area (Å²) in [7, 11) is 0. The summed E-state index contributed by atoms with van der Waals surface area (Å²) < 4.78 is 5.40. The van der Waals surface area contributed by atoms with Gasteiger partial charge in [-0.15, -0.1) is 0 Å². The van der Waals surface area contributed by atoms with Crippen LogP contribution in [0.25, 0.3) is 0 Å². The molecule has 0 saturated carbocycles. The Kier molecular flexibility index (Phi) is 5.52. The number of rotatable bonds is 6. The van der Waals surface area contributed by atoms with Crippen LogP contribution in [0.1, 0.15) is 24.0 Å². The van der Waals surface area contributed by atoms with Crippen LogP contribution in [0, 0.1) is 0 Å². The lowest BCUT2D eigenvalue weighted by Crippen LogP contribution is -2.15. The Morgan fingerprint density at radius 2 is 1.86 bits per heavy atom. The van der Waals surface area contributed by atoms with E-state index < -0.39 is 0 Å². The summed E-state index contributed by atoms with van der Waals surface area (Å²) in [6, 6.07) is 10.5. The number of benzene rings is 2. The van der Waals surface area contributed by atoms with E-state index in [1.54, 1.807) is 24.3 Å². The van der Waals surface area contributed by atoms with Gasteiger partial charge < -0.3 is 20.7 Å². The maximum Gasteiger partial charge on any atom is 0.176 e. The van der Waals surface area contributed by atoms with Gasteiger partial charge in [0.1, 0.15) is 5.75 Å². The summed E-state index contributed by atoms with van der Waals surface area (Å²) in [6.45, 7) is 2.76. The molecule has 22 heavy (non-hydrogen) atoms. The zero-order valence-electron chi connectivity index (χ0n) is 12.4. The van der Waals surface area contributed by atoms with Gasteiger partial charge in [0.2, 0.25) is 0 Å². The first-order valence-corrected chi connectivity index (χ1v) is 7.56. The van der Waals surface area contributed by atoms with E-state index in [-0.39, 0.29) is 22.4 Å². The number of phenols is 2. The average molecular weight is 322 g/mol. The summed E-state index contributed by atoms with van der Waals surface area (Å²) in [5.41, 5.74) is 7.86.